The Labute approximate surface area is 127 Å². The van der Waals surface area contributed by atoms with Crippen molar-refractivity contribution < 1.29 is 12.9 Å². The first kappa shape index (κ1) is 14.7. The SMILES string of the molecule is Cc1csc(C2CCN(S(=O)(=O)Cc3ccon3)CC2)n1. The van der Waals surface area contributed by atoms with Crippen LogP contribution in [0.2, 0.25) is 0 Å². The molecule has 2 aromatic rings. The van der Waals surface area contributed by atoms with Crippen LogP contribution in [0.1, 0.15) is 35.2 Å². The highest BCUT2D eigenvalue weighted by Gasteiger charge is 2.30. The van der Waals surface area contributed by atoms with E-state index < -0.39 is 10.0 Å². The van der Waals surface area contributed by atoms with Crippen LogP contribution in [0, 0.1) is 6.92 Å². The highest BCUT2D eigenvalue weighted by Crippen LogP contribution is 2.31. The summed E-state index contributed by atoms with van der Waals surface area (Å²) in [6.45, 7) is 3.07. The molecule has 0 unspecified atom stereocenters. The molecule has 0 atom stereocenters. The molecule has 0 saturated carbocycles. The summed E-state index contributed by atoms with van der Waals surface area (Å²) in [6.07, 6.45) is 3.04. The van der Waals surface area contributed by atoms with Gasteiger partial charge in [-0.25, -0.2) is 17.7 Å². The van der Waals surface area contributed by atoms with Crippen LogP contribution >= 0.6 is 11.3 Å². The molecule has 0 bridgehead atoms. The topological polar surface area (TPSA) is 76.3 Å². The van der Waals surface area contributed by atoms with Crippen molar-refractivity contribution in [1.82, 2.24) is 14.4 Å². The molecule has 0 aromatic carbocycles. The van der Waals surface area contributed by atoms with Gasteiger partial charge in [-0.2, -0.15) is 0 Å². The van der Waals surface area contributed by atoms with E-state index in [0.29, 0.717) is 24.7 Å². The van der Waals surface area contributed by atoms with Crippen LogP contribution in [0.25, 0.3) is 0 Å². The van der Waals surface area contributed by atoms with Crippen LogP contribution in [0.4, 0.5) is 0 Å². The number of rotatable bonds is 4. The van der Waals surface area contributed by atoms with Crippen molar-refractivity contribution in [2.45, 2.75) is 31.4 Å². The second-order valence-corrected chi connectivity index (χ2v) is 8.11. The molecular weight excluding hydrogens is 310 g/mol. The maximum atomic E-state index is 12.3. The quantitative estimate of drug-likeness (QED) is 0.860. The summed E-state index contributed by atoms with van der Waals surface area (Å²) in [4.78, 5) is 4.51. The van der Waals surface area contributed by atoms with Crippen LogP contribution < -0.4 is 0 Å². The minimum Gasteiger partial charge on any atom is -0.364 e. The van der Waals surface area contributed by atoms with Gasteiger partial charge in [-0.05, 0) is 19.8 Å². The molecule has 0 radical (unpaired) electrons. The fourth-order valence-electron chi connectivity index (χ4n) is 2.53. The van der Waals surface area contributed by atoms with Gasteiger partial charge < -0.3 is 4.52 Å². The number of hydrogen-bond donors (Lipinski definition) is 0. The largest absolute Gasteiger partial charge is 0.364 e. The maximum absolute atomic E-state index is 12.3. The average molecular weight is 327 g/mol. The van der Waals surface area contributed by atoms with Crippen LogP contribution in [0.5, 0.6) is 0 Å². The Morgan fingerprint density at radius 1 is 1.43 bits per heavy atom. The Bertz CT molecular complexity index is 686. The monoisotopic (exact) mass is 327 g/mol. The fourth-order valence-corrected chi connectivity index (χ4v) is 4.97. The lowest BCUT2D eigenvalue weighted by Gasteiger charge is -2.30. The summed E-state index contributed by atoms with van der Waals surface area (Å²) in [5.74, 6) is 0.284. The van der Waals surface area contributed by atoms with Gasteiger partial charge in [0.25, 0.3) is 0 Å². The third-order valence-electron chi connectivity index (χ3n) is 3.65. The van der Waals surface area contributed by atoms with E-state index in [1.54, 1.807) is 21.7 Å². The molecule has 3 heterocycles. The van der Waals surface area contributed by atoms with Gasteiger partial charge in [0.2, 0.25) is 10.0 Å². The van der Waals surface area contributed by atoms with Crippen molar-refractivity contribution in [3.63, 3.8) is 0 Å². The van der Waals surface area contributed by atoms with Crippen molar-refractivity contribution in [3.05, 3.63) is 34.1 Å². The lowest BCUT2D eigenvalue weighted by molar-refractivity contribution is 0.318. The summed E-state index contributed by atoms with van der Waals surface area (Å²) in [7, 11) is -3.31. The fraction of sp³-hybridized carbons (Fsp3) is 0.538. The van der Waals surface area contributed by atoms with E-state index >= 15 is 0 Å². The van der Waals surface area contributed by atoms with Gasteiger partial charge in [-0.1, -0.05) is 5.16 Å². The predicted octanol–water partition coefficient (Wildman–Crippen LogP) is 2.15. The number of aromatic nitrogens is 2. The normalized spacial score (nSPS) is 18.1. The average Bonchev–Trinajstić information content (AvgIpc) is 3.10. The molecule has 1 aliphatic rings. The van der Waals surface area contributed by atoms with E-state index in [1.165, 1.54) is 6.26 Å². The summed E-state index contributed by atoms with van der Waals surface area (Å²) in [6, 6.07) is 1.59. The van der Waals surface area contributed by atoms with E-state index in [4.69, 9.17) is 0 Å². The van der Waals surface area contributed by atoms with Crippen LogP contribution in [0.3, 0.4) is 0 Å². The second kappa shape index (κ2) is 5.86. The first-order valence-electron chi connectivity index (χ1n) is 6.84. The lowest BCUT2D eigenvalue weighted by atomic mass is 9.99. The van der Waals surface area contributed by atoms with E-state index in [1.807, 2.05) is 12.3 Å². The second-order valence-electron chi connectivity index (χ2n) is 5.25. The van der Waals surface area contributed by atoms with Gasteiger partial charge in [0.05, 0.1) is 10.7 Å². The zero-order valence-corrected chi connectivity index (χ0v) is 13.4. The van der Waals surface area contributed by atoms with E-state index in [2.05, 4.69) is 14.7 Å². The molecular formula is C13H17N3O3S2. The number of piperidine rings is 1. The molecule has 0 amide bonds. The van der Waals surface area contributed by atoms with Crippen molar-refractivity contribution in [2.75, 3.05) is 13.1 Å². The van der Waals surface area contributed by atoms with Gasteiger partial charge in [0.1, 0.15) is 12.0 Å². The molecule has 1 fully saturated rings. The third-order valence-corrected chi connectivity index (χ3v) is 6.59. The first-order valence-corrected chi connectivity index (χ1v) is 9.32. The van der Waals surface area contributed by atoms with Gasteiger partial charge in [-0.3, -0.25) is 0 Å². The molecule has 8 heteroatoms. The van der Waals surface area contributed by atoms with Crippen LogP contribution in [-0.2, 0) is 15.8 Å². The number of aryl methyl sites for hydroxylation is 1. The first-order chi connectivity index (χ1) is 10.0. The Morgan fingerprint density at radius 3 is 2.76 bits per heavy atom. The highest BCUT2D eigenvalue weighted by molar-refractivity contribution is 7.88. The van der Waals surface area contributed by atoms with Crippen LogP contribution in [-0.4, -0.2) is 36.0 Å². The molecule has 2 aromatic heterocycles. The van der Waals surface area contributed by atoms with Crippen molar-refractivity contribution in [2.24, 2.45) is 0 Å². The van der Waals surface area contributed by atoms with E-state index in [9.17, 15) is 8.42 Å². The molecule has 1 aliphatic heterocycles. The molecule has 21 heavy (non-hydrogen) atoms. The molecule has 1 saturated heterocycles. The minimum atomic E-state index is -3.31. The predicted molar refractivity (Wildman–Crippen MR) is 79.5 cm³/mol. The summed E-state index contributed by atoms with van der Waals surface area (Å²) in [5.41, 5.74) is 1.49. The third kappa shape index (κ3) is 3.33. The van der Waals surface area contributed by atoms with Crippen molar-refractivity contribution in [3.8, 4) is 0 Å². The molecule has 0 aliphatic carbocycles. The van der Waals surface area contributed by atoms with Gasteiger partial charge in [-0.15, -0.1) is 11.3 Å². The smallest absolute Gasteiger partial charge is 0.219 e. The Hall–Kier alpha value is -1.25. The molecule has 114 valence electrons. The maximum Gasteiger partial charge on any atom is 0.219 e. The van der Waals surface area contributed by atoms with E-state index in [0.717, 1.165) is 23.5 Å². The summed E-state index contributed by atoms with van der Waals surface area (Å²) >= 11 is 1.67. The van der Waals surface area contributed by atoms with Crippen molar-refractivity contribution >= 4 is 21.4 Å². The standard InChI is InChI=1S/C13H17N3O3S2/c1-10-8-20-13(14-10)11-2-5-16(6-3-11)21(17,18)9-12-4-7-19-15-12/h4,7-8,11H,2-3,5-6,9H2,1H3. The van der Waals surface area contributed by atoms with E-state index in [-0.39, 0.29) is 5.75 Å². The Morgan fingerprint density at radius 2 is 2.19 bits per heavy atom. The minimum absolute atomic E-state index is 0.0927. The van der Waals surface area contributed by atoms with Crippen LogP contribution in [0.15, 0.2) is 22.2 Å². The van der Waals surface area contributed by atoms with Gasteiger partial charge in [0, 0.05) is 36.1 Å². The Kier molecular flexibility index (Phi) is 4.10. The lowest BCUT2D eigenvalue weighted by Crippen LogP contribution is -2.38. The molecule has 6 nitrogen and oxygen atoms in total. The van der Waals surface area contributed by atoms with Gasteiger partial charge >= 0.3 is 0 Å². The molecule has 0 spiro atoms. The van der Waals surface area contributed by atoms with Crippen molar-refractivity contribution in [1.29, 1.82) is 0 Å². The number of thiazole rings is 1. The zero-order valence-electron chi connectivity index (χ0n) is 11.7. The Balaban J connectivity index is 1.62. The summed E-state index contributed by atoms with van der Waals surface area (Å²) in [5, 5.41) is 6.84. The zero-order chi connectivity index (χ0) is 14.9. The number of nitrogens with zero attached hydrogens (tertiary/aromatic N) is 3. The molecule has 3 rings (SSSR count). The number of hydrogen-bond acceptors (Lipinski definition) is 6. The molecule has 0 N–H and O–H groups in total. The highest BCUT2D eigenvalue weighted by atomic mass is 32.2. The van der Waals surface area contributed by atoms with Gasteiger partial charge in [0.15, 0.2) is 0 Å². The summed E-state index contributed by atoms with van der Waals surface area (Å²) < 4.78 is 30.9. The number of sulfonamides is 1.